The number of hydrogen-bond acceptors (Lipinski definition) is 2. The summed E-state index contributed by atoms with van der Waals surface area (Å²) in [4.78, 5) is 0. The van der Waals surface area contributed by atoms with E-state index >= 15 is 0 Å². The first-order valence-electron chi connectivity index (χ1n) is 5.04. The fourth-order valence-electron chi connectivity index (χ4n) is 1.59. The summed E-state index contributed by atoms with van der Waals surface area (Å²) in [5, 5.41) is 0. The van der Waals surface area contributed by atoms with Gasteiger partial charge in [-0.05, 0) is 34.1 Å². The first-order valence-corrected chi connectivity index (χ1v) is 7.01. The first-order chi connectivity index (χ1) is 6.13. The Hall–Kier alpha value is 0.370. The van der Waals surface area contributed by atoms with Crippen molar-refractivity contribution in [1.82, 2.24) is 0 Å². The van der Waals surface area contributed by atoms with Crippen molar-refractivity contribution in [3.05, 3.63) is 0 Å². The largest absolute Gasteiger partial charge is 0.270 e. The van der Waals surface area contributed by atoms with E-state index in [0.717, 1.165) is 0 Å². The van der Waals surface area contributed by atoms with Gasteiger partial charge in [-0.15, -0.1) is 0 Å². The van der Waals surface area contributed by atoms with E-state index in [9.17, 15) is 0 Å². The van der Waals surface area contributed by atoms with Gasteiger partial charge in [-0.3, -0.25) is 0 Å². The highest BCUT2D eigenvalue weighted by molar-refractivity contribution is 8.39. The Morgan fingerprint density at radius 3 is 1.85 bits per heavy atom. The summed E-state index contributed by atoms with van der Waals surface area (Å²) in [7, 11) is 0. The molecule has 0 aromatic rings. The lowest BCUT2D eigenvalue weighted by Crippen LogP contribution is -2.32. The normalized spacial score (nSPS) is 18.5. The minimum absolute atomic E-state index is 0.632. The molecule has 1 heterocycles. The van der Waals surface area contributed by atoms with Crippen LogP contribution in [-0.4, -0.2) is 32.5 Å². The van der Waals surface area contributed by atoms with Crippen LogP contribution in [0.4, 0.5) is 0 Å². The molecule has 1 saturated heterocycles. The Labute approximate surface area is 90.4 Å². The quantitative estimate of drug-likeness (QED) is 0.655. The van der Waals surface area contributed by atoms with E-state index in [1.165, 1.54) is 22.3 Å². The highest BCUT2D eigenvalue weighted by Crippen LogP contribution is 2.26. The molecule has 0 saturated carbocycles. The second-order valence-corrected chi connectivity index (χ2v) is 6.34. The number of nitrogens with zero attached hydrogens (tertiary/aromatic N) is 1. The van der Waals surface area contributed by atoms with Gasteiger partial charge >= 0.3 is 0 Å². The summed E-state index contributed by atoms with van der Waals surface area (Å²) in [5.74, 6) is 2.61. The van der Waals surface area contributed by atoms with Crippen LogP contribution in [0.1, 0.15) is 34.1 Å². The monoisotopic (exact) mass is 218 g/mol. The molecule has 0 bridgehead atoms. The molecule has 13 heavy (non-hydrogen) atoms. The zero-order chi connectivity index (χ0) is 9.84. The Bertz CT molecular complexity index is 179. The molecule has 1 fully saturated rings. The molecule has 0 aromatic heterocycles. The van der Waals surface area contributed by atoms with Crippen molar-refractivity contribution in [1.29, 1.82) is 0 Å². The van der Waals surface area contributed by atoms with Crippen LogP contribution in [0.15, 0.2) is 0 Å². The molecule has 1 rings (SSSR count). The fourth-order valence-corrected chi connectivity index (χ4v) is 4.67. The van der Waals surface area contributed by atoms with Gasteiger partial charge < -0.3 is 0 Å². The van der Waals surface area contributed by atoms with E-state index in [1.807, 2.05) is 23.5 Å². The smallest absolute Gasteiger partial charge is 0.215 e. The van der Waals surface area contributed by atoms with Crippen LogP contribution < -0.4 is 0 Å². The second kappa shape index (κ2) is 5.30. The van der Waals surface area contributed by atoms with Crippen LogP contribution in [-0.2, 0) is 0 Å². The van der Waals surface area contributed by atoms with Gasteiger partial charge in [0.25, 0.3) is 4.38 Å². The average Bonchev–Trinajstić information content (AvgIpc) is 2.04. The standard InChI is InChI=1S/C10H20NS2/c1-8(2)11(9(3)4)10-12-6-5-7-13-10/h8-9H,5-7H2,1-4H3/q+1. The Kier molecular flexibility index (Phi) is 4.67. The van der Waals surface area contributed by atoms with Gasteiger partial charge in [-0.25, -0.2) is 4.58 Å². The SMILES string of the molecule is CC(C)[N+](=C1SCCCS1)C(C)C. The highest BCUT2D eigenvalue weighted by Gasteiger charge is 2.24. The summed E-state index contributed by atoms with van der Waals surface area (Å²) in [6.07, 6.45) is 1.36. The summed E-state index contributed by atoms with van der Waals surface area (Å²) in [5.41, 5.74) is 0. The van der Waals surface area contributed by atoms with Crippen molar-refractivity contribution in [2.75, 3.05) is 11.5 Å². The molecule has 0 spiro atoms. The summed E-state index contributed by atoms with van der Waals surface area (Å²) >= 11 is 4.07. The van der Waals surface area contributed by atoms with Gasteiger partial charge in [0.05, 0.1) is 0 Å². The third-order valence-electron chi connectivity index (χ3n) is 2.06. The summed E-state index contributed by atoms with van der Waals surface area (Å²) in [6.45, 7) is 9.12. The van der Waals surface area contributed by atoms with Crippen molar-refractivity contribution in [2.45, 2.75) is 46.2 Å². The Balaban J connectivity index is 2.80. The van der Waals surface area contributed by atoms with Gasteiger partial charge in [0.15, 0.2) is 0 Å². The zero-order valence-electron chi connectivity index (χ0n) is 9.04. The van der Waals surface area contributed by atoms with Crippen molar-refractivity contribution in [3.63, 3.8) is 0 Å². The van der Waals surface area contributed by atoms with Crippen molar-refractivity contribution >= 4 is 27.9 Å². The van der Waals surface area contributed by atoms with Gasteiger partial charge in [0.2, 0.25) is 0 Å². The Morgan fingerprint density at radius 2 is 1.46 bits per heavy atom. The van der Waals surface area contributed by atoms with Crippen LogP contribution in [0, 0.1) is 0 Å². The lowest BCUT2D eigenvalue weighted by molar-refractivity contribution is -0.583. The van der Waals surface area contributed by atoms with E-state index in [1.54, 1.807) is 0 Å². The van der Waals surface area contributed by atoms with E-state index in [4.69, 9.17) is 0 Å². The molecule has 76 valence electrons. The highest BCUT2D eigenvalue weighted by atomic mass is 32.2. The predicted octanol–water partition coefficient (Wildman–Crippen LogP) is 3.04. The molecule has 0 aromatic carbocycles. The number of hydrogen-bond donors (Lipinski definition) is 0. The molecular weight excluding hydrogens is 198 g/mol. The molecule has 1 aliphatic rings. The minimum atomic E-state index is 0.632. The third kappa shape index (κ3) is 3.21. The summed E-state index contributed by atoms with van der Waals surface area (Å²) < 4.78 is 4.07. The predicted molar refractivity (Wildman–Crippen MR) is 65.1 cm³/mol. The zero-order valence-corrected chi connectivity index (χ0v) is 10.7. The Morgan fingerprint density at radius 1 is 1.00 bits per heavy atom. The molecule has 0 unspecified atom stereocenters. The fraction of sp³-hybridized carbons (Fsp3) is 0.900. The van der Waals surface area contributed by atoms with Gasteiger partial charge in [-0.2, -0.15) is 0 Å². The van der Waals surface area contributed by atoms with Crippen molar-refractivity contribution in [3.8, 4) is 0 Å². The lowest BCUT2D eigenvalue weighted by Gasteiger charge is -2.17. The van der Waals surface area contributed by atoms with Crippen LogP contribution in [0.2, 0.25) is 0 Å². The maximum atomic E-state index is 2.54. The molecule has 1 nitrogen and oxygen atoms in total. The first kappa shape index (κ1) is 11.4. The molecule has 1 aliphatic heterocycles. The molecule has 3 heteroatoms. The average molecular weight is 218 g/mol. The van der Waals surface area contributed by atoms with E-state index in [0.29, 0.717) is 12.1 Å². The van der Waals surface area contributed by atoms with Crippen molar-refractivity contribution < 1.29 is 4.58 Å². The molecule has 0 amide bonds. The van der Waals surface area contributed by atoms with E-state index in [-0.39, 0.29) is 0 Å². The van der Waals surface area contributed by atoms with E-state index in [2.05, 4.69) is 32.3 Å². The van der Waals surface area contributed by atoms with Crippen LogP contribution in [0.5, 0.6) is 0 Å². The number of rotatable bonds is 2. The van der Waals surface area contributed by atoms with Crippen molar-refractivity contribution in [2.24, 2.45) is 0 Å². The van der Waals surface area contributed by atoms with Gasteiger partial charge in [0.1, 0.15) is 12.1 Å². The van der Waals surface area contributed by atoms with Gasteiger partial charge in [0, 0.05) is 11.5 Å². The molecular formula is C10H20NS2+. The third-order valence-corrected chi connectivity index (χ3v) is 4.67. The molecule has 0 radical (unpaired) electrons. The van der Waals surface area contributed by atoms with Crippen LogP contribution >= 0.6 is 23.5 Å². The van der Waals surface area contributed by atoms with Gasteiger partial charge in [-0.1, -0.05) is 23.5 Å². The molecule has 0 atom stereocenters. The molecule has 0 N–H and O–H groups in total. The maximum absolute atomic E-state index is 2.54. The van der Waals surface area contributed by atoms with Crippen LogP contribution in [0.3, 0.4) is 0 Å². The lowest BCUT2D eigenvalue weighted by atomic mass is 10.3. The number of thioether (sulfide) groups is 2. The summed E-state index contributed by atoms with van der Waals surface area (Å²) in [6, 6.07) is 1.26. The maximum Gasteiger partial charge on any atom is 0.270 e. The van der Waals surface area contributed by atoms with E-state index < -0.39 is 0 Å². The minimum Gasteiger partial charge on any atom is -0.215 e. The van der Waals surface area contributed by atoms with Crippen LogP contribution in [0.25, 0.3) is 0 Å². The second-order valence-electron chi connectivity index (χ2n) is 3.91. The topological polar surface area (TPSA) is 3.01 Å². The molecule has 0 aliphatic carbocycles.